The van der Waals surface area contributed by atoms with Crippen molar-refractivity contribution in [2.75, 3.05) is 0 Å². The zero-order chi connectivity index (χ0) is 10.9. The minimum Gasteiger partial charge on any atom is -0.479 e. The van der Waals surface area contributed by atoms with Crippen molar-refractivity contribution < 1.29 is 15.0 Å². The van der Waals surface area contributed by atoms with Gasteiger partial charge in [0.25, 0.3) is 0 Å². The van der Waals surface area contributed by atoms with Crippen LogP contribution in [0.25, 0.3) is 0 Å². The smallest absolute Gasteiger partial charge is 0.337 e. The van der Waals surface area contributed by atoms with Crippen molar-refractivity contribution in [1.82, 2.24) is 0 Å². The Kier molecular flexibility index (Phi) is 3.69. The molecule has 0 heterocycles. The van der Waals surface area contributed by atoms with Crippen LogP contribution in [-0.4, -0.2) is 16.2 Å². The topological polar surface area (TPSA) is 57.5 Å². The van der Waals surface area contributed by atoms with Gasteiger partial charge in [-0.1, -0.05) is 0 Å². The average molecular weight is 324 g/mol. The number of aryl methyl sites for hydroxylation is 1. The normalized spacial score (nSPS) is 12.6. The number of carbonyl (C=O) groups is 1. The first-order valence-electron chi connectivity index (χ1n) is 3.80. The van der Waals surface area contributed by atoms with Gasteiger partial charge in [-0.2, -0.15) is 0 Å². The number of benzene rings is 1. The summed E-state index contributed by atoms with van der Waals surface area (Å²) in [5.74, 6) is -1.25. The van der Waals surface area contributed by atoms with E-state index in [4.69, 9.17) is 5.11 Å². The molecule has 1 unspecified atom stereocenters. The molecule has 1 aromatic carbocycles. The predicted molar refractivity (Wildman–Crippen MR) is 59.2 cm³/mol. The fourth-order valence-electron chi connectivity index (χ4n) is 1.09. The van der Waals surface area contributed by atoms with Crippen molar-refractivity contribution in [3.63, 3.8) is 0 Å². The van der Waals surface area contributed by atoms with Crippen LogP contribution in [0.1, 0.15) is 17.2 Å². The molecule has 0 fully saturated rings. The summed E-state index contributed by atoms with van der Waals surface area (Å²) in [6.45, 7) is 1.75. The standard InChI is InChI=1S/C9H8Br2O3/c1-4-2-6(10)7(11)3-5(4)8(12)9(13)14/h2-3,8,12H,1H3,(H,13,14). The third kappa shape index (κ3) is 2.34. The second-order valence-corrected chi connectivity index (χ2v) is 4.57. The molecule has 0 spiro atoms. The first-order valence-corrected chi connectivity index (χ1v) is 5.38. The molecule has 1 rings (SSSR count). The summed E-state index contributed by atoms with van der Waals surface area (Å²) in [4.78, 5) is 10.6. The highest BCUT2D eigenvalue weighted by Gasteiger charge is 2.18. The molecule has 0 aliphatic rings. The summed E-state index contributed by atoms with van der Waals surface area (Å²) < 4.78 is 1.55. The minimum absolute atomic E-state index is 0.396. The van der Waals surface area contributed by atoms with E-state index in [1.165, 1.54) is 0 Å². The number of aliphatic carboxylic acids is 1. The van der Waals surface area contributed by atoms with Crippen LogP contribution in [0.5, 0.6) is 0 Å². The Hall–Kier alpha value is -0.390. The molecule has 0 saturated carbocycles. The van der Waals surface area contributed by atoms with Crippen LogP contribution in [-0.2, 0) is 4.79 Å². The summed E-state index contributed by atoms with van der Waals surface area (Å²) in [5.41, 5.74) is 1.13. The molecule has 3 nitrogen and oxygen atoms in total. The number of halogens is 2. The maximum atomic E-state index is 10.6. The lowest BCUT2D eigenvalue weighted by atomic mass is 10.0. The molecule has 1 aromatic rings. The SMILES string of the molecule is Cc1cc(Br)c(Br)cc1C(O)C(=O)O. The predicted octanol–water partition coefficient (Wildman–Crippen LogP) is 2.64. The van der Waals surface area contributed by atoms with Crippen LogP contribution in [0, 0.1) is 6.92 Å². The molecule has 0 saturated heterocycles. The van der Waals surface area contributed by atoms with Gasteiger partial charge in [-0.25, -0.2) is 4.79 Å². The van der Waals surface area contributed by atoms with Gasteiger partial charge in [0.05, 0.1) is 0 Å². The van der Waals surface area contributed by atoms with Crippen LogP contribution in [0.15, 0.2) is 21.1 Å². The maximum absolute atomic E-state index is 10.6. The van der Waals surface area contributed by atoms with Crippen LogP contribution in [0.4, 0.5) is 0 Å². The van der Waals surface area contributed by atoms with E-state index in [1.807, 2.05) is 0 Å². The number of hydrogen-bond donors (Lipinski definition) is 2. The summed E-state index contributed by atoms with van der Waals surface area (Å²) in [5, 5.41) is 18.0. The number of carboxylic acids is 1. The lowest BCUT2D eigenvalue weighted by Gasteiger charge is -2.10. The molecule has 2 N–H and O–H groups in total. The highest BCUT2D eigenvalue weighted by Crippen LogP contribution is 2.29. The fourth-order valence-corrected chi connectivity index (χ4v) is 1.91. The Morgan fingerprint density at radius 1 is 1.36 bits per heavy atom. The van der Waals surface area contributed by atoms with Crippen LogP contribution in [0.2, 0.25) is 0 Å². The largest absolute Gasteiger partial charge is 0.479 e. The molecule has 14 heavy (non-hydrogen) atoms. The number of carboxylic acid groups (broad SMARTS) is 1. The monoisotopic (exact) mass is 322 g/mol. The third-order valence-corrected chi connectivity index (χ3v) is 3.68. The molecule has 0 radical (unpaired) electrons. The van der Waals surface area contributed by atoms with E-state index in [9.17, 15) is 9.90 Å². The molecule has 0 amide bonds. The second kappa shape index (κ2) is 4.42. The van der Waals surface area contributed by atoms with E-state index in [1.54, 1.807) is 19.1 Å². The second-order valence-electron chi connectivity index (χ2n) is 2.86. The van der Waals surface area contributed by atoms with Crippen molar-refractivity contribution in [1.29, 1.82) is 0 Å². The Balaban J connectivity index is 3.22. The summed E-state index contributed by atoms with van der Waals surface area (Å²) in [7, 11) is 0. The quantitative estimate of drug-likeness (QED) is 0.879. The van der Waals surface area contributed by atoms with Crippen LogP contribution >= 0.6 is 31.9 Å². The number of hydrogen-bond acceptors (Lipinski definition) is 2. The highest BCUT2D eigenvalue weighted by atomic mass is 79.9. The molecular weight excluding hydrogens is 316 g/mol. The molecule has 76 valence electrons. The van der Waals surface area contributed by atoms with Crippen molar-refractivity contribution in [2.24, 2.45) is 0 Å². The van der Waals surface area contributed by atoms with Gasteiger partial charge in [0.2, 0.25) is 0 Å². The Morgan fingerprint density at radius 3 is 2.36 bits per heavy atom. The van der Waals surface area contributed by atoms with E-state index < -0.39 is 12.1 Å². The Morgan fingerprint density at radius 2 is 1.86 bits per heavy atom. The molecular formula is C9H8Br2O3. The van der Waals surface area contributed by atoms with E-state index in [2.05, 4.69) is 31.9 Å². The third-order valence-electron chi connectivity index (χ3n) is 1.84. The van der Waals surface area contributed by atoms with Crippen LogP contribution in [0.3, 0.4) is 0 Å². The van der Waals surface area contributed by atoms with Gasteiger partial charge in [0.1, 0.15) is 0 Å². The van der Waals surface area contributed by atoms with Crippen LogP contribution < -0.4 is 0 Å². The summed E-state index contributed by atoms with van der Waals surface area (Å²) in [6.07, 6.45) is -1.47. The average Bonchev–Trinajstić information content (AvgIpc) is 2.10. The molecule has 0 aromatic heterocycles. The number of rotatable bonds is 2. The van der Waals surface area contributed by atoms with Crippen molar-refractivity contribution in [2.45, 2.75) is 13.0 Å². The molecule has 0 aliphatic carbocycles. The number of aliphatic hydroxyl groups is 1. The summed E-state index contributed by atoms with van der Waals surface area (Å²) >= 11 is 6.54. The summed E-state index contributed by atoms with van der Waals surface area (Å²) in [6, 6.07) is 3.35. The fraction of sp³-hybridized carbons (Fsp3) is 0.222. The lowest BCUT2D eigenvalue weighted by Crippen LogP contribution is -2.11. The van der Waals surface area contributed by atoms with Crippen molar-refractivity contribution in [3.8, 4) is 0 Å². The lowest BCUT2D eigenvalue weighted by molar-refractivity contribution is -0.147. The zero-order valence-corrected chi connectivity index (χ0v) is 10.5. The number of aliphatic hydroxyl groups excluding tert-OH is 1. The van der Waals surface area contributed by atoms with Gasteiger partial charge >= 0.3 is 5.97 Å². The van der Waals surface area contributed by atoms with Gasteiger partial charge in [-0.15, -0.1) is 0 Å². The van der Waals surface area contributed by atoms with E-state index in [0.29, 0.717) is 5.56 Å². The van der Waals surface area contributed by atoms with E-state index in [-0.39, 0.29) is 0 Å². The van der Waals surface area contributed by atoms with E-state index in [0.717, 1.165) is 14.5 Å². The van der Waals surface area contributed by atoms with Gasteiger partial charge < -0.3 is 10.2 Å². The minimum atomic E-state index is -1.47. The Bertz CT molecular complexity index is 377. The molecule has 5 heteroatoms. The van der Waals surface area contributed by atoms with Crippen molar-refractivity contribution in [3.05, 3.63) is 32.2 Å². The van der Waals surface area contributed by atoms with Gasteiger partial charge in [-0.05, 0) is 62.0 Å². The zero-order valence-electron chi connectivity index (χ0n) is 7.29. The van der Waals surface area contributed by atoms with E-state index >= 15 is 0 Å². The van der Waals surface area contributed by atoms with Gasteiger partial charge in [0.15, 0.2) is 6.10 Å². The maximum Gasteiger partial charge on any atom is 0.337 e. The molecule has 0 bridgehead atoms. The highest BCUT2D eigenvalue weighted by molar-refractivity contribution is 9.13. The first kappa shape index (κ1) is 11.7. The molecule has 1 atom stereocenters. The Labute approximate surface area is 98.0 Å². The first-order chi connectivity index (χ1) is 6.43. The van der Waals surface area contributed by atoms with Crippen molar-refractivity contribution >= 4 is 37.8 Å². The van der Waals surface area contributed by atoms with Gasteiger partial charge in [-0.3, -0.25) is 0 Å². The van der Waals surface area contributed by atoms with Gasteiger partial charge in [0, 0.05) is 8.95 Å². The molecule has 0 aliphatic heterocycles.